The molecular weight excluding hydrogens is 522 g/mol. The quantitative estimate of drug-likeness (QED) is 0.353. The highest BCUT2D eigenvalue weighted by molar-refractivity contribution is 7.89. The fraction of sp³-hybridized carbons (Fsp3) is 0.304. The molecule has 0 aromatic heterocycles. The summed E-state index contributed by atoms with van der Waals surface area (Å²) in [6.45, 7) is -3.05. The molecule has 194 valence electrons. The van der Waals surface area contributed by atoms with E-state index >= 15 is 0 Å². The largest absolute Gasteiger partial charge is 0.493 e. The van der Waals surface area contributed by atoms with E-state index in [4.69, 9.17) is 21.1 Å². The highest BCUT2D eigenvalue weighted by Crippen LogP contribution is 2.29. The summed E-state index contributed by atoms with van der Waals surface area (Å²) < 4.78 is 65.9. The SMILES string of the molecule is COc1cc(C=CC(=O)OCC(=O)N2CCN(S(=O)(=O)c3ccc(Cl)cc3)CC2)ccc1OC(F)F. The maximum atomic E-state index is 12.7. The molecule has 1 heterocycles. The van der Waals surface area contributed by atoms with E-state index in [0.29, 0.717) is 10.6 Å². The summed E-state index contributed by atoms with van der Waals surface area (Å²) in [6, 6.07) is 9.92. The first-order valence-corrected chi connectivity index (χ1v) is 12.4. The number of halogens is 3. The molecule has 0 aliphatic carbocycles. The molecule has 0 bridgehead atoms. The van der Waals surface area contributed by atoms with E-state index in [9.17, 15) is 26.8 Å². The summed E-state index contributed by atoms with van der Waals surface area (Å²) in [5.74, 6) is -1.35. The van der Waals surface area contributed by atoms with Gasteiger partial charge < -0.3 is 19.1 Å². The van der Waals surface area contributed by atoms with E-state index in [1.807, 2.05) is 0 Å². The van der Waals surface area contributed by atoms with Crippen molar-refractivity contribution in [3.63, 3.8) is 0 Å². The van der Waals surface area contributed by atoms with Crippen molar-refractivity contribution >= 4 is 39.6 Å². The Morgan fingerprint density at radius 1 is 1.06 bits per heavy atom. The number of benzene rings is 2. The van der Waals surface area contributed by atoms with Crippen LogP contribution in [0, 0.1) is 0 Å². The number of nitrogens with zero attached hydrogens (tertiary/aromatic N) is 2. The number of carbonyl (C=O) groups excluding carboxylic acids is 2. The van der Waals surface area contributed by atoms with Gasteiger partial charge in [-0.25, -0.2) is 13.2 Å². The lowest BCUT2D eigenvalue weighted by Crippen LogP contribution is -2.51. The number of hydrogen-bond acceptors (Lipinski definition) is 7. The number of piperazine rings is 1. The highest BCUT2D eigenvalue weighted by atomic mass is 35.5. The molecule has 1 amide bonds. The zero-order valence-electron chi connectivity index (χ0n) is 19.1. The van der Waals surface area contributed by atoms with Gasteiger partial charge in [0.2, 0.25) is 10.0 Å². The Morgan fingerprint density at radius 3 is 2.33 bits per heavy atom. The summed E-state index contributed by atoms with van der Waals surface area (Å²) in [6.07, 6.45) is 2.44. The molecule has 3 rings (SSSR count). The van der Waals surface area contributed by atoms with Gasteiger partial charge in [0.25, 0.3) is 5.91 Å². The maximum Gasteiger partial charge on any atom is 0.387 e. The minimum absolute atomic E-state index is 0.0539. The third-order valence-corrected chi connectivity index (χ3v) is 7.36. The van der Waals surface area contributed by atoms with Crippen LogP contribution in [0.1, 0.15) is 5.56 Å². The third kappa shape index (κ3) is 7.15. The number of rotatable bonds is 9. The molecule has 9 nitrogen and oxygen atoms in total. The normalized spacial score (nSPS) is 14.8. The monoisotopic (exact) mass is 544 g/mol. The number of ether oxygens (including phenoxy) is 3. The van der Waals surface area contributed by atoms with Crippen LogP contribution in [-0.2, 0) is 24.3 Å². The van der Waals surface area contributed by atoms with E-state index in [1.165, 1.54) is 64.9 Å². The Labute approximate surface area is 211 Å². The summed E-state index contributed by atoms with van der Waals surface area (Å²) in [5.41, 5.74) is 0.453. The molecule has 1 fully saturated rings. The van der Waals surface area contributed by atoms with Gasteiger partial charge in [-0.3, -0.25) is 4.79 Å². The Kier molecular flexibility index (Phi) is 9.24. The van der Waals surface area contributed by atoms with E-state index in [1.54, 1.807) is 0 Å². The molecule has 0 saturated carbocycles. The van der Waals surface area contributed by atoms with Crippen LogP contribution in [0.5, 0.6) is 11.5 Å². The van der Waals surface area contributed by atoms with E-state index in [0.717, 1.165) is 6.08 Å². The molecule has 0 atom stereocenters. The van der Waals surface area contributed by atoms with Crippen LogP contribution in [0.2, 0.25) is 5.02 Å². The molecule has 0 N–H and O–H groups in total. The summed E-state index contributed by atoms with van der Waals surface area (Å²) in [7, 11) is -2.43. The van der Waals surface area contributed by atoms with Gasteiger partial charge in [0.05, 0.1) is 12.0 Å². The molecule has 13 heteroatoms. The zero-order valence-corrected chi connectivity index (χ0v) is 20.7. The van der Waals surface area contributed by atoms with Gasteiger partial charge in [-0.1, -0.05) is 17.7 Å². The van der Waals surface area contributed by atoms with Crippen molar-refractivity contribution in [2.75, 3.05) is 39.9 Å². The molecule has 0 spiro atoms. The molecular formula is C23H23ClF2N2O7S. The predicted octanol–water partition coefficient (Wildman–Crippen LogP) is 3.04. The Balaban J connectivity index is 1.48. The lowest BCUT2D eigenvalue weighted by atomic mass is 10.2. The Hall–Kier alpha value is -3.22. The number of hydrogen-bond donors (Lipinski definition) is 0. The second kappa shape index (κ2) is 12.2. The number of methoxy groups -OCH3 is 1. The van der Waals surface area contributed by atoms with Crippen LogP contribution in [0.15, 0.2) is 53.4 Å². The first-order chi connectivity index (χ1) is 17.1. The van der Waals surface area contributed by atoms with Gasteiger partial charge >= 0.3 is 12.6 Å². The first kappa shape index (κ1) is 27.4. The number of alkyl halides is 2. The van der Waals surface area contributed by atoms with Crippen molar-refractivity contribution in [1.29, 1.82) is 0 Å². The Morgan fingerprint density at radius 2 is 1.72 bits per heavy atom. The van der Waals surface area contributed by atoms with Crippen molar-refractivity contribution in [2.45, 2.75) is 11.5 Å². The van der Waals surface area contributed by atoms with Crippen LogP contribution >= 0.6 is 11.6 Å². The average molecular weight is 545 g/mol. The van der Waals surface area contributed by atoms with Crippen molar-refractivity contribution < 1.29 is 41.0 Å². The minimum Gasteiger partial charge on any atom is -0.493 e. The molecule has 2 aromatic rings. The van der Waals surface area contributed by atoms with Gasteiger partial charge in [0.15, 0.2) is 18.1 Å². The second-order valence-corrected chi connectivity index (χ2v) is 9.84. The van der Waals surface area contributed by atoms with Gasteiger partial charge in [0, 0.05) is 37.3 Å². The van der Waals surface area contributed by atoms with Crippen LogP contribution in [0.25, 0.3) is 6.08 Å². The molecule has 1 aliphatic heterocycles. The van der Waals surface area contributed by atoms with Gasteiger partial charge in [-0.05, 0) is 48.0 Å². The van der Waals surface area contributed by atoms with Crippen LogP contribution in [0.3, 0.4) is 0 Å². The maximum absolute atomic E-state index is 12.7. The van der Waals surface area contributed by atoms with Gasteiger partial charge in [-0.2, -0.15) is 13.1 Å². The lowest BCUT2D eigenvalue weighted by molar-refractivity contribution is -0.148. The third-order valence-electron chi connectivity index (χ3n) is 5.20. The van der Waals surface area contributed by atoms with Crippen LogP contribution < -0.4 is 9.47 Å². The van der Waals surface area contributed by atoms with Gasteiger partial charge in [-0.15, -0.1) is 0 Å². The summed E-state index contributed by atoms with van der Waals surface area (Å²) >= 11 is 5.81. The van der Waals surface area contributed by atoms with Crippen molar-refractivity contribution in [3.05, 3.63) is 59.1 Å². The summed E-state index contributed by atoms with van der Waals surface area (Å²) in [5, 5.41) is 0.422. The highest BCUT2D eigenvalue weighted by Gasteiger charge is 2.30. The van der Waals surface area contributed by atoms with Gasteiger partial charge in [0.1, 0.15) is 0 Å². The zero-order chi connectivity index (χ0) is 26.3. The standard InChI is InChI=1S/C23H23ClF2N2O7S/c1-33-20-14-16(2-8-19(20)35-23(25)26)3-9-22(30)34-15-21(29)27-10-12-28(13-11-27)36(31,32)18-6-4-17(24)5-7-18/h2-9,14,23H,10-13,15H2,1H3. The number of esters is 1. The minimum atomic E-state index is -3.71. The topological polar surface area (TPSA) is 102 Å². The number of carbonyl (C=O) groups is 2. The molecule has 0 unspecified atom stereocenters. The predicted molar refractivity (Wildman–Crippen MR) is 126 cm³/mol. The van der Waals surface area contributed by atoms with Crippen molar-refractivity contribution in [2.24, 2.45) is 0 Å². The molecule has 1 aliphatic rings. The van der Waals surface area contributed by atoms with E-state index in [-0.39, 0.29) is 42.6 Å². The fourth-order valence-electron chi connectivity index (χ4n) is 3.35. The molecule has 0 radical (unpaired) electrons. The Bertz CT molecular complexity index is 1220. The van der Waals surface area contributed by atoms with Crippen molar-refractivity contribution in [3.8, 4) is 11.5 Å². The summed E-state index contributed by atoms with van der Waals surface area (Å²) in [4.78, 5) is 25.9. The molecule has 36 heavy (non-hydrogen) atoms. The second-order valence-electron chi connectivity index (χ2n) is 7.47. The smallest absolute Gasteiger partial charge is 0.387 e. The fourth-order valence-corrected chi connectivity index (χ4v) is 4.90. The van der Waals surface area contributed by atoms with E-state index < -0.39 is 35.1 Å². The molecule has 2 aromatic carbocycles. The number of amides is 1. The average Bonchev–Trinajstić information content (AvgIpc) is 2.86. The lowest BCUT2D eigenvalue weighted by Gasteiger charge is -2.33. The number of sulfonamides is 1. The first-order valence-electron chi connectivity index (χ1n) is 10.6. The van der Waals surface area contributed by atoms with E-state index in [2.05, 4.69) is 4.74 Å². The molecule has 1 saturated heterocycles. The van der Waals surface area contributed by atoms with Crippen molar-refractivity contribution in [1.82, 2.24) is 9.21 Å². The van der Waals surface area contributed by atoms with Crippen LogP contribution in [0.4, 0.5) is 8.78 Å². The van der Waals surface area contributed by atoms with Crippen LogP contribution in [-0.4, -0.2) is 76.0 Å².